The highest BCUT2D eigenvalue weighted by atomic mass is 16.8. The van der Waals surface area contributed by atoms with E-state index in [0.29, 0.717) is 45.2 Å². The molecule has 8 unspecified atom stereocenters. The maximum absolute atomic E-state index is 14.0. The van der Waals surface area contributed by atoms with Crippen LogP contribution in [0.25, 0.3) is 20.9 Å². The lowest BCUT2D eigenvalue weighted by molar-refractivity contribution is -0.358. The van der Waals surface area contributed by atoms with Crippen molar-refractivity contribution in [3.8, 4) is 0 Å². The van der Waals surface area contributed by atoms with Crippen molar-refractivity contribution < 1.29 is 85.6 Å². The van der Waals surface area contributed by atoms with Crippen LogP contribution >= 0.6 is 0 Å². The molecule has 0 radical (unpaired) electrons. The molecule has 1 amide bonds. The lowest BCUT2D eigenvalue weighted by Crippen LogP contribution is -2.64. The Morgan fingerprint density at radius 3 is 1.57 bits per heavy atom. The van der Waals surface area contributed by atoms with E-state index in [4.69, 9.17) is 61.6 Å². The van der Waals surface area contributed by atoms with E-state index in [1.165, 1.54) is 27.9 Å². The summed E-state index contributed by atoms with van der Waals surface area (Å²) in [6.07, 6.45) is -13.4. The van der Waals surface area contributed by atoms with Gasteiger partial charge in [0.2, 0.25) is 0 Å². The van der Waals surface area contributed by atoms with Crippen molar-refractivity contribution in [1.82, 2.24) is 4.90 Å². The van der Waals surface area contributed by atoms with E-state index in [-0.39, 0.29) is 25.6 Å². The number of carbonyl (C=O) groups excluding carboxylic acids is 5. The Bertz CT molecular complexity index is 2820. The molecule has 0 N–H and O–H groups in total. The molecule has 4 heterocycles. The second-order valence-electron chi connectivity index (χ2n) is 22.8. The molecule has 20 atom stereocenters. The van der Waals surface area contributed by atoms with Crippen LogP contribution < -0.4 is 0 Å². The number of hydrogen-bond donors (Lipinski definition) is 0. The number of amides is 1. The number of rotatable bonds is 28. The molecular weight excluding hydrogens is 1140 g/mol. The van der Waals surface area contributed by atoms with Gasteiger partial charge in [-0.25, -0.2) is 9.59 Å². The lowest BCUT2D eigenvalue weighted by atomic mass is 9.85. The zero-order chi connectivity index (χ0) is 63.4. The zero-order valence-corrected chi connectivity index (χ0v) is 51.8. The molecule has 0 saturated carbocycles. The maximum Gasteiger partial charge on any atom is 0.410 e. The molecule has 480 valence electrons. The Morgan fingerprint density at radius 2 is 1.03 bits per heavy atom. The molecule has 0 aliphatic carbocycles. The van der Waals surface area contributed by atoms with Gasteiger partial charge in [-0.15, -0.1) is 0 Å². The fraction of sp³-hybridized carbons (Fsp3) is 0.635. The van der Waals surface area contributed by atoms with Crippen molar-refractivity contribution in [3.05, 3.63) is 129 Å². The second kappa shape index (κ2) is 33.7. The predicted molar refractivity (Wildman–Crippen MR) is 314 cm³/mol. The molecule has 0 aromatic heterocycles. The van der Waals surface area contributed by atoms with Gasteiger partial charge in [-0.1, -0.05) is 143 Å². The molecule has 3 aromatic rings. The van der Waals surface area contributed by atoms with Gasteiger partial charge in [0, 0.05) is 55.2 Å². The third-order valence-electron chi connectivity index (χ3n) is 16.6. The minimum absolute atomic E-state index is 0.129. The SMILES string of the molecule is CCC1O[C@H](O[C@H]2C(C)C(OC(C)=O)[C@H](O[C@H]3C(C)C(N=[N+]=[N-])[C@@H](OCCCCCN(Cc4ccccc4)C(=O)OCc4ccccc4)O[C@H]3CC)O[C@H]2C(=O)OC)[C@@H](N=[N+]=[N-])C(C)[C@@H]1O[C@@H]1OC(C(C)=O)[C@@H](C)[C@@H](OCc2ccccc2)C1OC(C)=O. The van der Waals surface area contributed by atoms with E-state index in [1.807, 2.05) is 112 Å². The molecule has 0 spiro atoms. The first kappa shape index (κ1) is 68.8. The lowest BCUT2D eigenvalue weighted by Gasteiger charge is -2.51. The van der Waals surface area contributed by atoms with Crippen LogP contribution in [0, 0.1) is 23.7 Å². The number of ether oxygens (including phenoxy) is 13. The quantitative estimate of drug-likeness (QED) is 0.0163. The maximum atomic E-state index is 14.0. The number of esters is 3. The molecule has 4 aliphatic rings. The van der Waals surface area contributed by atoms with Gasteiger partial charge in [0.15, 0.2) is 49.3 Å². The summed E-state index contributed by atoms with van der Waals surface area (Å²) in [4.78, 5) is 74.2. The van der Waals surface area contributed by atoms with Gasteiger partial charge in [-0.05, 0) is 78.6 Å². The summed E-state index contributed by atoms with van der Waals surface area (Å²) < 4.78 is 81.7. The van der Waals surface area contributed by atoms with E-state index in [9.17, 15) is 35.0 Å². The van der Waals surface area contributed by atoms with Gasteiger partial charge in [0.25, 0.3) is 0 Å². The van der Waals surface area contributed by atoms with Gasteiger partial charge < -0.3 is 66.5 Å². The number of azide groups is 2. The zero-order valence-electron chi connectivity index (χ0n) is 51.8. The summed E-state index contributed by atoms with van der Waals surface area (Å²) in [6, 6.07) is 26.5. The van der Waals surface area contributed by atoms with Gasteiger partial charge in [0.1, 0.15) is 24.9 Å². The highest BCUT2D eigenvalue weighted by molar-refractivity contribution is 5.81. The second-order valence-corrected chi connectivity index (χ2v) is 22.8. The van der Waals surface area contributed by atoms with Crippen LogP contribution in [-0.4, -0.2) is 153 Å². The smallest absolute Gasteiger partial charge is 0.410 e. The molecule has 4 saturated heterocycles. The number of ketones is 1. The number of Topliss-reactive ketones (excluding diaryl/α,β-unsaturated/α-hetero) is 1. The van der Waals surface area contributed by atoms with Crippen LogP contribution in [0.1, 0.15) is 111 Å². The highest BCUT2D eigenvalue weighted by Crippen LogP contribution is 2.42. The number of benzene rings is 3. The standard InChI is InChI=1S/C63H85N7O18/c1-11-46-51(36(3)48(66-68-64)59(82-46)77-32-24-16-23-31-70(33-43-25-17-13-18-26-43)63(75)79-35-45-29-21-15-22-30-45)85-61-55(80-41(8)72)39(6)54(56(88-61)58(74)76-10)87-60-49(67-69-65)37(4)52(47(12-2)83-60)86-62-57(81-42(9)73)53(38(5)50(84-62)40(7)71)78-34-44-27-19-14-20-28-44/h13-15,17-22,25-30,36-39,46-57,59-62H,11-12,16,23-24,31-35H2,1-10H3/t36?,37?,38-,39?,46+,47?,48?,49+,50?,51+,52+,53-,54+,55?,56-,57?,59+,60-,61-,62+/m1/s1. The Morgan fingerprint density at radius 1 is 0.534 bits per heavy atom. The van der Waals surface area contributed by atoms with Crippen molar-refractivity contribution in [2.24, 2.45) is 33.9 Å². The Balaban J connectivity index is 1.03. The van der Waals surface area contributed by atoms with E-state index >= 15 is 0 Å². The average Bonchev–Trinajstić information content (AvgIpc) is 1.64. The highest BCUT2D eigenvalue weighted by Gasteiger charge is 2.57. The molecule has 3 aromatic carbocycles. The van der Waals surface area contributed by atoms with Crippen LogP contribution in [0.3, 0.4) is 0 Å². The molecule has 88 heavy (non-hydrogen) atoms. The summed E-state index contributed by atoms with van der Waals surface area (Å²) in [7, 11) is 1.17. The van der Waals surface area contributed by atoms with Crippen LogP contribution in [0.2, 0.25) is 0 Å². The minimum atomic E-state index is -1.55. The minimum Gasteiger partial charge on any atom is -0.467 e. The third-order valence-corrected chi connectivity index (χ3v) is 16.6. The molecule has 4 aliphatic heterocycles. The first-order valence-electron chi connectivity index (χ1n) is 30.3. The van der Waals surface area contributed by atoms with Gasteiger partial charge >= 0.3 is 24.0 Å². The van der Waals surface area contributed by atoms with Crippen LogP contribution in [-0.2, 0) is 101 Å². The Labute approximate surface area is 513 Å². The van der Waals surface area contributed by atoms with Gasteiger partial charge in [0.05, 0.1) is 50.2 Å². The van der Waals surface area contributed by atoms with E-state index < -0.39 is 146 Å². The summed E-state index contributed by atoms with van der Waals surface area (Å²) in [6.45, 7) is 15.9. The Kier molecular flexibility index (Phi) is 26.4. The molecule has 25 heteroatoms. The number of carbonyl (C=O) groups is 5. The van der Waals surface area contributed by atoms with Crippen LogP contribution in [0.15, 0.2) is 101 Å². The molecular formula is C63H85N7O18. The molecule has 7 rings (SSSR count). The first-order valence-corrected chi connectivity index (χ1v) is 30.3. The van der Waals surface area contributed by atoms with Crippen molar-refractivity contribution in [1.29, 1.82) is 0 Å². The first-order chi connectivity index (χ1) is 42.4. The van der Waals surface area contributed by atoms with Crippen molar-refractivity contribution in [2.45, 2.75) is 212 Å². The number of unbranched alkanes of at least 4 members (excludes halogenated alkanes) is 2. The molecule has 4 fully saturated rings. The molecule has 25 nitrogen and oxygen atoms in total. The van der Waals surface area contributed by atoms with Gasteiger partial charge in [-0.2, -0.15) is 0 Å². The fourth-order valence-corrected chi connectivity index (χ4v) is 11.9. The number of methoxy groups -OCH3 is 1. The van der Waals surface area contributed by atoms with Gasteiger partial charge in [-0.3, -0.25) is 14.4 Å². The predicted octanol–water partition coefficient (Wildman–Crippen LogP) is 10.0. The van der Waals surface area contributed by atoms with E-state index in [2.05, 4.69) is 20.1 Å². The van der Waals surface area contributed by atoms with Crippen LogP contribution in [0.4, 0.5) is 4.79 Å². The third kappa shape index (κ3) is 18.0. The number of nitrogens with zero attached hydrogens (tertiary/aromatic N) is 7. The largest absolute Gasteiger partial charge is 0.467 e. The summed E-state index contributed by atoms with van der Waals surface area (Å²) in [5.74, 6) is -5.35. The average molecular weight is 1230 g/mol. The monoisotopic (exact) mass is 1230 g/mol. The fourth-order valence-electron chi connectivity index (χ4n) is 11.9. The Hall–Kier alpha value is -6.73. The normalized spacial score (nSPS) is 32.0. The summed E-state index contributed by atoms with van der Waals surface area (Å²) in [5, 5.41) is 8.24. The molecule has 0 bridgehead atoms. The topological polar surface area (TPSA) is 306 Å². The summed E-state index contributed by atoms with van der Waals surface area (Å²) in [5.41, 5.74) is 22.6. The van der Waals surface area contributed by atoms with Crippen molar-refractivity contribution >= 4 is 29.8 Å². The van der Waals surface area contributed by atoms with Crippen molar-refractivity contribution in [2.75, 3.05) is 20.3 Å². The summed E-state index contributed by atoms with van der Waals surface area (Å²) >= 11 is 0. The van der Waals surface area contributed by atoms with E-state index in [0.717, 1.165) is 16.7 Å². The van der Waals surface area contributed by atoms with E-state index in [1.54, 1.807) is 25.7 Å². The van der Waals surface area contributed by atoms with Crippen molar-refractivity contribution in [3.63, 3.8) is 0 Å². The van der Waals surface area contributed by atoms with Crippen LogP contribution in [0.5, 0.6) is 0 Å². The number of hydrogen-bond acceptors (Lipinski definition) is 20.